The first-order valence-corrected chi connectivity index (χ1v) is 16.0. The highest BCUT2D eigenvalue weighted by molar-refractivity contribution is 7.91. The predicted molar refractivity (Wildman–Crippen MR) is 169 cm³/mol. The van der Waals surface area contributed by atoms with Crippen LogP contribution in [0, 0.1) is 12.7 Å². The third kappa shape index (κ3) is 6.99. The van der Waals surface area contributed by atoms with E-state index in [0.29, 0.717) is 57.8 Å². The number of nitrogens with zero attached hydrogens (tertiary/aromatic N) is 4. The minimum absolute atomic E-state index is 0.129. The maximum Gasteiger partial charge on any atom is 0.248 e. The Bertz CT molecular complexity index is 1960. The lowest BCUT2D eigenvalue weighted by Gasteiger charge is -2.33. The molecule has 0 amide bonds. The molecule has 2 aromatic heterocycles. The molecule has 3 aromatic carbocycles. The molecule has 1 aliphatic rings. The van der Waals surface area contributed by atoms with Gasteiger partial charge in [0.25, 0.3) is 0 Å². The summed E-state index contributed by atoms with van der Waals surface area (Å²) in [5.74, 6) is -0.243. The number of aromatic nitrogens is 4. The number of piperidine rings is 1. The smallest absolute Gasteiger partial charge is 0.248 e. The number of anilines is 2. The zero-order chi connectivity index (χ0) is 31.6. The van der Waals surface area contributed by atoms with Crippen molar-refractivity contribution in [3.8, 4) is 22.9 Å². The van der Waals surface area contributed by atoms with E-state index >= 15 is 4.39 Å². The third-order valence-corrected chi connectivity index (χ3v) is 8.69. The normalized spacial score (nSPS) is 18.4. The molecule has 1 aliphatic heterocycles. The Hall–Kier alpha value is -4.75. The topological polar surface area (TPSA) is 131 Å². The number of nitrogens with one attached hydrogen (secondary N) is 3. The Labute approximate surface area is 259 Å². The van der Waals surface area contributed by atoms with Crippen molar-refractivity contribution < 1.29 is 21.9 Å². The first kappa shape index (κ1) is 30.3. The zero-order valence-corrected chi connectivity index (χ0v) is 25.4. The van der Waals surface area contributed by atoms with E-state index in [4.69, 9.17) is 4.74 Å². The number of rotatable bonds is 9. The number of aryl methyl sites for hydroxylation is 1. The van der Waals surface area contributed by atoms with Gasteiger partial charge in [-0.15, -0.1) is 5.10 Å². The van der Waals surface area contributed by atoms with Crippen LogP contribution in [-0.4, -0.2) is 53.4 Å². The average Bonchev–Trinajstić information content (AvgIpc) is 3.00. The number of ether oxygens (including phenoxy) is 1. The van der Waals surface area contributed by atoms with E-state index in [1.165, 1.54) is 18.3 Å². The summed E-state index contributed by atoms with van der Waals surface area (Å²) in [6.45, 7) is 4.24. The van der Waals surface area contributed by atoms with Crippen LogP contribution in [0.3, 0.4) is 0 Å². The summed E-state index contributed by atoms with van der Waals surface area (Å²) in [7, 11) is -3.95. The van der Waals surface area contributed by atoms with Crippen molar-refractivity contribution in [3.05, 3.63) is 96.1 Å². The fourth-order valence-electron chi connectivity index (χ4n) is 5.40. The van der Waals surface area contributed by atoms with Crippen LogP contribution >= 0.6 is 0 Å². The van der Waals surface area contributed by atoms with Crippen LogP contribution in [0.4, 0.5) is 20.4 Å². The Morgan fingerprint density at radius 2 is 1.84 bits per heavy atom. The Kier molecular flexibility index (Phi) is 8.30. The molecule has 3 heterocycles. The average molecular weight is 632 g/mol. The summed E-state index contributed by atoms with van der Waals surface area (Å²) < 4.78 is 64.5. The van der Waals surface area contributed by atoms with Crippen molar-refractivity contribution in [2.45, 2.75) is 37.7 Å². The minimum atomic E-state index is -3.95. The molecular formula is C32H31F2N7O3S. The zero-order valence-electron chi connectivity index (χ0n) is 24.6. The van der Waals surface area contributed by atoms with E-state index < -0.39 is 21.5 Å². The first-order chi connectivity index (χ1) is 21.6. The van der Waals surface area contributed by atoms with E-state index in [1.807, 2.05) is 6.92 Å². The highest BCUT2D eigenvalue weighted by atomic mass is 32.2. The Morgan fingerprint density at radius 3 is 2.64 bits per heavy atom. The van der Waals surface area contributed by atoms with Crippen LogP contribution < -0.4 is 20.1 Å². The van der Waals surface area contributed by atoms with E-state index in [0.717, 1.165) is 0 Å². The van der Waals surface area contributed by atoms with E-state index in [1.54, 1.807) is 67.7 Å². The maximum absolute atomic E-state index is 15.1. The molecule has 6 rings (SSSR count). The summed E-state index contributed by atoms with van der Waals surface area (Å²) in [6.07, 6.45) is 3.39. The lowest BCUT2D eigenvalue weighted by Crippen LogP contribution is -2.50. The van der Waals surface area contributed by atoms with Gasteiger partial charge in [-0.2, -0.15) is 5.10 Å². The van der Waals surface area contributed by atoms with E-state index in [2.05, 4.69) is 35.5 Å². The van der Waals surface area contributed by atoms with Gasteiger partial charge >= 0.3 is 0 Å². The van der Waals surface area contributed by atoms with Crippen molar-refractivity contribution in [2.75, 3.05) is 23.1 Å². The number of alkyl halides is 1. The summed E-state index contributed by atoms with van der Waals surface area (Å²) in [5, 5.41) is 15.3. The fraction of sp³-hybridized carbons (Fsp3) is 0.250. The van der Waals surface area contributed by atoms with Gasteiger partial charge in [0.1, 0.15) is 17.2 Å². The summed E-state index contributed by atoms with van der Waals surface area (Å²) in [4.78, 5) is 8.93. The number of hydrogen-bond acceptors (Lipinski definition) is 9. The molecule has 0 bridgehead atoms. The molecule has 1 fully saturated rings. The van der Waals surface area contributed by atoms with Crippen LogP contribution in [0.2, 0.25) is 0 Å². The van der Waals surface area contributed by atoms with Crippen LogP contribution in [0.5, 0.6) is 11.6 Å². The van der Waals surface area contributed by atoms with Gasteiger partial charge < -0.3 is 15.4 Å². The van der Waals surface area contributed by atoms with Crippen molar-refractivity contribution in [1.29, 1.82) is 0 Å². The second kappa shape index (κ2) is 12.3. The summed E-state index contributed by atoms with van der Waals surface area (Å²) in [6, 6.07) is 17.9. The highest BCUT2D eigenvalue weighted by Gasteiger charge is 2.32. The van der Waals surface area contributed by atoms with Gasteiger partial charge in [-0.3, -0.25) is 4.72 Å². The number of fused-ring (bicyclic) bond motifs is 1. The van der Waals surface area contributed by atoms with Gasteiger partial charge in [-0.25, -0.2) is 27.2 Å². The third-order valence-electron chi connectivity index (χ3n) is 7.46. The number of benzene rings is 3. The van der Waals surface area contributed by atoms with Crippen LogP contribution in [0.15, 0.2) is 79.1 Å². The molecule has 5 aromatic rings. The molecule has 0 radical (unpaired) electrons. The molecule has 2 atom stereocenters. The number of halogens is 2. The van der Waals surface area contributed by atoms with Crippen LogP contribution in [0.25, 0.3) is 22.0 Å². The molecule has 0 spiro atoms. The lowest BCUT2D eigenvalue weighted by molar-refractivity contribution is 0.137. The molecule has 45 heavy (non-hydrogen) atoms. The first-order valence-electron chi connectivity index (χ1n) is 14.3. The largest absolute Gasteiger partial charge is 0.436 e. The molecule has 13 heteroatoms. The van der Waals surface area contributed by atoms with Gasteiger partial charge in [-0.05, 0) is 49.2 Å². The van der Waals surface area contributed by atoms with Crippen LogP contribution in [0.1, 0.15) is 24.5 Å². The fourth-order valence-corrected chi connectivity index (χ4v) is 6.62. The van der Waals surface area contributed by atoms with Crippen molar-refractivity contribution in [1.82, 2.24) is 25.5 Å². The Balaban J connectivity index is 1.31. The second-order valence-corrected chi connectivity index (χ2v) is 13.0. The molecule has 1 saturated heterocycles. The predicted octanol–water partition coefficient (Wildman–Crippen LogP) is 5.77. The Morgan fingerprint density at radius 1 is 1.04 bits per heavy atom. The monoisotopic (exact) mass is 631 g/mol. The molecule has 0 aliphatic carbocycles. The molecule has 232 valence electrons. The van der Waals surface area contributed by atoms with Gasteiger partial charge in [0.05, 0.1) is 28.9 Å². The quantitative estimate of drug-likeness (QED) is 0.186. The van der Waals surface area contributed by atoms with Gasteiger partial charge in [0.2, 0.25) is 21.9 Å². The SMILES string of the molecule is Cc1ccc2c(NS(=O)(=O)Cc3ccccc3)c(F)ccc2c1Oc1nnccc1-c1ccnc(N[C@@H]2CNC[C@@](C)(F)C2)n1. The van der Waals surface area contributed by atoms with Crippen molar-refractivity contribution in [3.63, 3.8) is 0 Å². The number of sulfonamides is 1. The highest BCUT2D eigenvalue weighted by Crippen LogP contribution is 2.39. The molecule has 3 N–H and O–H groups in total. The van der Waals surface area contributed by atoms with Crippen molar-refractivity contribution in [2.24, 2.45) is 0 Å². The van der Waals surface area contributed by atoms with Gasteiger partial charge in [-0.1, -0.05) is 42.5 Å². The van der Waals surface area contributed by atoms with Crippen LogP contribution in [-0.2, 0) is 15.8 Å². The standard InChI is InChI=1S/C32H31F2N7O3S/c1-20-8-9-23-24(10-11-26(33)28(23)41-45(42,43)18-21-6-4-3-5-7-21)29(20)44-30-25(12-15-37-40-30)27-13-14-36-31(39-27)38-22-16-32(2,34)19-35-17-22/h3-15,22,35,41H,16-19H2,1-2H3,(H,36,38,39)/t22-,32-/m0/s1. The summed E-state index contributed by atoms with van der Waals surface area (Å²) in [5.41, 5.74) is 0.746. The molecule has 0 saturated carbocycles. The molecular weight excluding hydrogens is 600 g/mol. The lowest BCUT2D eigenvalue weighted by atomic mass is 9.95. The second-order valence-electron chi connectivity index (χ2n) is 11.3. The summed E-state index contributed by atoms with van der Waals surface area (Å²) >= 11 is 0. The number of hydrogen-bond donors (Lipinski definition) is 3. The van der Waals surface area contributed by atoms with Gasteiger partial charge in [0, 0.05) is 42.5 Å². The minimum Gasteiger partial charge on any atom is -0.436 e. The molecule has 10 nitrogen and oxygen atoms in total. The van der Waals surface area contributed by atoms with Gasteiger partial charge in [0.15, 0.2) is 0 Å². The van der Waals surface area contributed by atoms with E-state index in [9.17, 15) is 12.8 Å². The van der Waals surface area contributed by atoms with Crippen molar-refractivity contribution >= 4 is 32.4 Å². The van der Waals surface area contributed by atoms with E-state index in [-0.39, 0.29) is 29.9 Å². The maximum atomic E-state index is 15.1. The molecule has 0 unspecified atom stereocenters.